The van der Waals surface area contributed by atoms with Crippen LogP contribution in [0.5, 0.6) is 0 Å². The van der Waals surface area contributed by atoms with Gasteiger partial charge in [0, 0.05) is 5.39 Å². The summed E-state index contributed by atoms with van der Waals surface area (Å²) in [6.07, 6.45) is 4.69. The van der Waals surface area contributed by atoms with E-state index in [1.807, 2.05) is 24.3 Å². The Hall–Kier alpha value is -1.83. The summed E-state index contributed by atoms with van der Waals surface area (Å²) < 4.78 is 11.2. The Morgan fingerprint density at radius 2 is 2.17 bits per heavy atom. The maximum Gasteiger partial charge on any atom is 0.475 e. The lowest BCUT2D eigenvalue weighted by atomic mass is 9.75. The van der Waals surface area contributed by atoms with Crippen molar-refractivity contribution in [2.24, 2.45) is 5.92 Å². The summed E-state index contributed by atoms with van der Waals surface area (Å²) in [7, 11) is -1.64. The van der Waals surface area contributed by atoms with Gasteiger partial charge in [-0.15, -0.1) is 0 Å². The number of nitrogens with one attached hydrogen (secondary N) is 1. The number of carbonyl (C=O) groups excluding carboxylic acids is 1. The summed E-state index contributed by atoms with van der Waals surface area (Å²) in [6.45, 7) is 0. The van der Waals surface area contributed by atoms with Gasteiger partial charge in [0.05, 0.1) is 30.3 Å². The fourth-order valence-corrected chi connectivity index (χ4v) is 3.86. The Labute approximate surface area is 139 Å². The minimum absolute atomic E-state index is 0.0266. The van der Waals surface area contributed by atoms with Crippen LogP contribution in [0.4, 0.5) is 0 Å². The molecule has 1 unspecified atom stereocenters. The highest BCUT2D eigenvalue weighted by Gasteiger charge is 2.45. The lowest BCUT2D eigenvalue weighted by molar-refractivity contribution is -0.126. The SMILES string of the molecule is O=C(NC(Cc1coc2ccccc12)B(O)O)[C@H]1C[C@H]2CC[C@@H]1O2. The molecule has 2 bridgehead atoms. The first-order chi connectivity index (χ1) is 11.6. The normalized spacial score (nSPS) is 26.7. The third kappa shape index (κ3) is 2.83. The predicted molar refractivity (Wildman–Crippen MR) is 88.0 cm³/mol. The molecular formula is C17H20BNO5. The van der Waals surface area contributed by atoms with E-state index in [1.165, 1.54) is 0 Å². The predicted octanol–water partition coefficient (Wildman–Crippen LogP) is 1.04. The molecule has 24 heavy (non-hydrogen) atoms. The molecule has 4 rings (SSSR count). The number of hydrogen-bond acceptors (Lipinski definition) is 5. The molecule has 0 aliphatic carbocycles. The molecule has 2 fully saturated rings. The molecule has 0 spiro atoms. The van der Waals surface area contributed by atoms with Crippen LogP contribution in [0.1, 0.15) is 24.8 Å². The van der Waals surface area contributed by atoms with E-state index in [0.717, 1.165) is 35.8 Å². The highest BCUT2D eigenvalue weighted by atomic mass is 16.5. The summed E-state index contributed by atoms with van der Waals surface area (Å²) in [5.74, 6) is -1.13. The van der Waals surface area contributed by atoms with Crippen molar-refractivity contribution >= 4 is 24.0 Å². The maximum absolute atomic E-state index is 12.5. The van der Waals surface area contributed by atoms with Gasteiger partial charge in [-0.3, -0.25) is 4.79 Å². The smallest absolute Gasteiger partial charge is 0.464 e. The second-order valence-corrected chi connectivity index (χ2v) is 6.71. The van der Waals surface area contributed by atoms with E-state index in [0.29, 0.717) is 6.42 Å². The monoisotopic (exact) mass is 329 g/mol. The average molecular weight is 329 g/mol. The average Bonchev–Trinajstić information content (AvgIpc) is 3.29. The molecule has 2 aromatic rings. The standard InChI is InChI=1S/C17H20BNO5/c20-17(13-8-11-5-6-15(13)24-11)19-16(18(21)22)7-10-9-23-14-4-2-1-3-12(10)14/h1-4,9,11,13,15-16,21-22H,5-8H2,(H,19,20)/t11-,13+,15+,16?/m1/s1. The molecule has 2 aliphatic rings. The van der Waals surface area contributed by atoms with Gasteiger partial charge in [0.25, 0.3) is 0 Å². The van der Waals surface area contributed by atoms with Gasteiger partial charge in [0.2, 0.25) is 5.91 Å². The molecule has 1 aromatic carbocycles. The number of amides is 1. The number of furan rings is 1. The summed E-state index contributed by atoms with van der Waals surface area (Å²) in [6, 6.07) is 7.55. The Morgan fingerprint density at radius 3 is 2.88 bits per heavy atom. The molecule has 0 saturated carbocycles. The molecule has 2 saturated heterocycles. The number of carbonyl (C=O) groups is 1. The molecule has 3 N–H and O–H groups in total. The summed E-state index contributed by atoms with van der Waals surface area (Å²) in [4.78, 5) is 12.5. The van der Waals surface area contributed by atoms with Crippen LogP contribution >= 0.6 is 0 Å². The van der Waals surface area contributed by atoms with Crippen molar-refractivity contribution in [2.75, 3.05) is 0 Å². The van der Waals surface area contributed by atoms with Crippen LogP contribution in [0.25, 0.3) is 11.0 Å². The Balaban J connectivity index is 1.47. The highest BCUT2D eigenvalue weighted by Crippen LogP contribution is 2.38. The second kappa shape index (κ2) is 6.24. The molecule has 1 aromatic heterocycles. The van der Waals surface area contributed by atoms with Crippen molar-refractivity contribution in [3.63, 3.8) is 0 Å². The van der Waals surface area contributed by atoms with Crippen LogP contribution in [0.3, 0.4) is 0 Å². The van der Waals surface area contributed by atoms with Crippen molar-refractivity contribution in [2.45, 2.75) is 43.8 Å². The Morgan fingerprint density at radius 1 is 1.33 bits per heavy atom. The fourth-order valence-electron chi connectivity index (χ4n) is 3.86. The highest BCUT2D eigenvalue weighted by molar-refractivity contribution is 6.43. The number of rotatable bonds is 5. The zero-order valence-electron chi connectivity index (χ0n) is 13.2. The van der Waals surface area contributed by atoms with Gasteiger partial charge in [-0.25, -0.2) is 0 Å². The van der Waals surface area contributed by atoms with Gasteiger partial charge in [0.15, 0.2) is 0 Å². The van der Waals surface area contributed by atoms with Crippen LogP contribution in [-0.2, 0) is 16.0 Å². The van der Waals surface area contributed by atoms with E-state index in [-0.39, 0.29) is 24.0 Å². The molecule has 0 radical (unpaired) electrons. The van der Waals surface area contributed by atoms with Gasteiger partial charge in [-0.1, -0.05) is 18.2 Å². The summed E-state index contributed by atoms with van der Waals surface area (Å²) in [5.41, 5.74) is 1.58. The van der Waals surface area contributed by atoms with Gasteiger partial charge in [-0.2, -0.15) is 0 Å². The molecule has 3 heterocycles. The largest absolute Gasteiger partial charge is 0.475 e. The van der Waals surface area contributed by atoms with Crippen LogP contribution < -0.4 is 5.32 Å². The number of fused-ring (bicyclic) bond motifs is 3. The van der Waals surface area contributed by atoms with Gasteiger partial charge >= 0.3 is 7.12 Å². The number of ether oxygens (including phenoxy) is 1. The lowest BCUT2D eigenvalue weighted by Crippen LogP contribution is -2.50. The van der Waals surface area contributed by atoms with Gasteiger partial charge in [-0.05, 0) is 37.3 Å². The molecule has 2 aliphatic heterocycles. The lowest BCUT2D eigenvalue weighted by Gasteiger charge is -2.23. The molecule has 4 atom stereocenters. The van der Waals surface area contributed by atoms with Crippen LogP contribution in [0.2, 0.25) is 0 Å². The van der Waals surface area contributed by atoms with E-state index in [9.17, 15) is 14.8 Å². The zero-order valence-corrected chi connectivity index (χ0v) is 13.2. The van der Waals surface area contributed by atoms with Crippen molar-refractivity contribution in [3.05, 3.63) is 36.1 Å². The first-order valence-corrected chi connectivity index (χ1v) is 8.39. The first-order valence-electron chi connectivity index (χ1n) is 8.39. The van der Waals surface area contributed by atoms with E-state index in [2.05, 4.69) is 5.32 Å². The Bertz CT molecular complexity index is 745. The minimum Gasteiger partial charge on any atom is -0.464 e. The van der Waals surface area contributed by atoms with Crippen molar-refractivity contribution in [1.29, 1.82) is 0 Å². The van der Waals surface area contributed by atoms with Crippen molar-refractivity contribution in [3.8, 4) is 0 Å². The van der Waals surface area contributed by atoms with Gasteiger partial charge in [0.1, 0.15) is 5.58 Å². The molecular weight excluding hydrogens is 309 g/mol. The molecule has 1 amide bonds. The van der Waals surface area contributed by atoms with Crippen molar-refractivity contribution < 1.29 is 24.0 Å². The number of hydrogen-bond donors (Lipinski definition) is 3. The maximum atomic E-state index is 12.5. The van der Waals surface area contributed by atoms with E-state index in [4.69, 9.17) is 9.15 Å². The molecule has 126 valence electrons. The topological polar surface area (TPSA) is 91.9 Å². The van der Waals surface area contributed by atoms with Crippen molar-refractivity contribution in [1.82, 2.24) is 5.32 Å². The summed E-state index contributed by atoms with van der Waals surface area (Å²) >= 11 is 0. The van der Waals surface area contributed by atoms with Crippen LogP contribution in [-0.4, -0.2) is 41.2 Å². The Kier molecular flexibility index (Phi) is 4.08. The third-order valence-electron chi connectivity index (χ3n) is 5.13. The third-order valence-corrected chi connectivity index (χ3v) is 5.13. The fraction of sp³-hybridized carbons (Fsp3) is 0.471. The first kappa shape index (κ1) is 15.7. The molecule has 6 nitrogen and oxygen atoms in total. The number of para-hydroxylation sites is 1. The van der Waals surface area contributed by atoms with Gasteiger partial charge < -0.3 is 24.5 Å². The minimum atomic E-state index is -1.64. The van der Waals surface area contributed by atoms with Crippen LogP contribution in [0, 0.1) is 5.92 Å². The quantitative estimate of drug-likeness (QED) is 0.713. The van der Waals surface area contributed by atoms with E-state index < -0.39 is 13.1 Å². The van der Waals surface area contributed by atoms with Crippen LogP contribution in [0.15, 0.2) is 34.9 Å². The van der Waals surface area contributed by atoms with E-state index in [1.54, 1.807) is 6.26 Å². The summed E-state index contributed by atoms with van der Waals surface area (Å²) in [5, 5.41) is 23.1. The number of benzene rings is 1. The zero-order chi connectivity index (χ0) is 16.7. The second-order valence-electron chi connectivity index (χ2n) is 6.71. The van der Waals surface area contributed by atoms with E-state index >= 15 is 0 Å². The molecule has 7 heteroatoms.